The zero-order valence-corrected chi connectivity index (χ0v) is 14.6. The minimum atomic E-state index is -0.0956. The van der Waals surface area contributed by atoms with Gasteiger partial charge in [0, 0.05) is 13.1 Å². The zero-order chi connectivity index (χ0) is 17.1. The van der Waals surface area contributed by atoms with Crippen LogP contribution in [0.25, 0.3) is 0 Å². The largest absolute Gasteiger partial charge is 0.462 e. The third-order valence-electron chi connectivity index (χ3n) is 5.27. The molecule has 3 rings (SSSR count). The highest BCUT2D eigenvalue weighted by atomic mass is 16.5. The quantitative estimate of drug-likeness (QED) is 0.794. The Hall–Kier alpha value is -1.78. The second-order valence-electron chi connectivity index (χ2n) is 7.52. The van der Waals surface area contributed by atoms with Gasteiger partial charge in [-0.3, -0.25) is 9.59 Å². The summed E-state index contributed by atoms with van der Waals surface area (Å²) < 4.78 is 10.9. The molecule has 1 aromatic heterocycles. The maximum Gasteiger partial charge on any atom is 0.309 e. The Labute approximate surface area is 143 Å². The molecule has 2 heterocycles. The van der Waals surface area contributed by atoms with Crippen LogP contribution in [0.2, 0.25) is 0 Å². The van der Waals surface area contributed by atoms with Gasteiger partial charge in [-0.15, -0.1) is 0 Å². The van der Waals surface area contributed by atoms with Gasteiger partial charge in [0.05, 0.1) is 12.2 Å². The molecule has 1 saturated heterocycles. The van der Waals surface area contributed by atoms with Crippen LogP contribution in [0.4, 0.5) is 0 Å². The van der Waals surface area contributed by atoms with Crippen LogP contribution < -0.4 is 0 Å². The van der Waals surface area contributed by atoms with Crippen molar-refractivity contribution in [3.8, 4) is 0 Å². The van der Waals surface area contributed by atoms with Crippen molar-refractivity contribution in [2.45, 2.75) is 52.1 Å². The number of hydrogen-bond donors (Lipinski definition) is 0. The minimum Gasteiger partial charge on any atom is -0.462 e. The maximum atomic E-state index is 12.4. The van der Waals surface area contributed by atoms with Crippen molar-refractivity contribution >= 4 is 11.9 Å². The molecule has 1 aliphatic carbocycles. The van der Waals surface area contributed by atoms with Gasteiger partial charge < -0.3 is 14.1 Å². The topological polar surface area (TPSA) is 59.8 Å². The lowest BCUT2D eigenvalue weighted by molar-refractivity contribution is -0.158. The van der Waals surface area contributed by atoms with Crippen molar-refractivity contribution in [2.75, 3.05) is 13.1 Å². The van der Waals surface area contributed by atoms with Gasteiger partial charge in [-0.2, -0.15) is 0 Å². The lowest BCUT2D eigenvalue weighted by atomic mass is 9.81. The molecule has 0 spiro atoms. The maximum absolute atomic E-state index is 12.4. The number of ether oxygens (including phenoxy) is 1. The highest BCUT2D eigenvalue weighted by Gasteiger charge is 2.32. The van der Waals surface area contributed by atoms with Crippen LogP contribution in [-0.4, -0.2) is 36.0 Å². The molecule has 132 valence electrons. The second-order valence-corrected chi connectivity index (χ2v) is 7.52. The molecule has 0 aromatic carbocycles. The molecule has 2 fully saturated rings. The van der Waals surface area contributed by atoms with Gasteiger partial charge in [0.15, 0.2) is 5.76 Å². The molecule has 1 saturated carbocycles. The zero-order valence-electron chi connectivity index (χ0n) is 14.6. The van der Waals surface area contributed by atoms with Crippen LogP contribution in [0.1, 0.15) is 56.5 Å². The van der Waals surface area contributed by atoms with Gasteiger partial charge in [-0.25, -0.2) is 0 Å². The first-order valence-electron chi connectivity index (χ1n) is 9.06. The van der Waals surface area contributed by atoms with Gasteiger partial charge in [0.1, 0.15) is 6.10 Å². The molecule has 0 unspecified atom stereocenters. The molecular weight excluding hydrogens is 306 g/mol. The molecule has 0 radical (unpaired) electrons. The summed E-state index contributed by atoms with van der Waals surface area (Å²) in [6.07, 6.45) is 6.09. The predicted molar refractivity (Wildman–Crippen MR) is 89.4 cm³/mol. The summed E-state index contributed by atoms with van der Waals surface area (Å²) >= 11 is 0. The van der Waals surface area contributed by atoms with Crippen LogP contribution in [0.5, 0.6) is 0 Å². The first-order valence-corrected chi connectivity index (χ1v) is 9.06. The monoisotopic (exact) mass is 333 g/mol. The highest BCUT2D eigenvalue weighted by molar-refractivity contribution is 5.91. The molecule has 2 atom stereocenters. The summed E-state index contributed by atoms with van der Waals surface area (Å²) in [6, 6.07) is 3.39. The number of esters is 1. The number of hydrogen-bond acceptors (Lipinski definition) is 4. The van der Waals surface area contributed by atoms with Crippen molar-refractivity contribution < 1.29 is 18.7 Å². The number of furan rings is 1. The van der Waals surface area contributed by atoms with Crippen molar-refractivity contribution in [3.63, 3.8) is 0 Å². The molecule has 0 bridgehead atoms. The van der Waals surface area contributed by atoms with Crippen molar-refractivity contribution in [1.82, 2.24) is 4.90 Å². The summed E-state index contributed by atoms with van der Waals surface area (Å²) in [4.78, 5) is 26.4. The van der Waals surface area contributed by atoms with Gasteiger partial charge in [-0.05, 0) is 56.1 Å². The highest BCUT2D eigenvalue weighted by Crippen LogP contribution is 2.31. The molecule has 1 amide bonds. The average molecular weight is 333 g/mol. The number of carbonyl (C=O) groups excluding carboxylic acids is 2. The molecule has 0 N–H and O–H groups in total. The molecule has 24 heavy (non-hydrogen) atoms. The fraction of sp³-hybridized carbons (Fsp3) is 0.684. The summed E-state index contributed by atoms with van der Waals surface area (Å²) in [5.74, 6) is 1.35. The number of piperidine rings is 1. The third-order valence-corrected chi connectivity index (χ3v) is 5.27. The minimum absolute atomic E-state index is 0.0685. The predicted octanol–water partition coefficient (Wildman–Crippen LogP) is 3.50. The normalized spacial score (nSPS) is 28.6. The van der Waals surface area contributed by atoms with E-state index in [0.29, 0.717) is 43.5 Å². The Morgan fingerprint density at radius 1 is 1.12 bits per heavy atom. The van der Waals surface area contributed by atoms with E-state index in [1.54, 1.807) is 17.0 Å². The lowest BCUT2D eigenvalue weighted by Gasteiger charge is -2.34. The van der Waals surface area contributed by atoms with Gasteiger partial charge >= 0.3 is 5.97 Å². The van der Waals surface area contributed by atoms with Crippen LogP contribution >= 0.6 is 0 Å². The molecule has 1 aliphatic heterocycles. The van der Waals surface area contributed by atoms with E-state index < -0.39 is 0 Å². The number of amides is 1. The molecular formula is C19H27NO4. The molecule has 1 aromatic rings. The van der Waals surface area contributed by atoms with Gasteiger partial charge in [0.25, 0.3) is 5.91 Å². The number of nitrogens with zero attached hydrogens (tertiary/aromatic N) is 1. The Balaban J connectivity index is 1.47. The Bertz CT molecular complexity index is 550. The summed E-state index contributed by atoms with van der Waals surface area (Å²) in [5.41, 5.74) is 0. The second kappa shape index (κ2) is 7.41. The van der Waals surface area contributed by atoms with E-state index in [9.17, 15) is 9.59 Å². The van der Waals surface area contributed by atoms with Crippen molar-refractivity contribution in [3.05, 3.63) is 24.2 Å². The first kappa shape index (κ1) is 17.1. The van der Waals surface area contributed by atoms with Crippen LogP contribution in [-0.2, 0) is 9.53 Å². The number of rotatable bonds is 3. The van der Waals surface area contributed by atoms with Crippen molar-refractivity contribution in [2.24, 2.45) is 17.8 Å². The SMILES string of the molecule is C[C@H]1CC(OC(=O)C2CCN(C(=O)c3ccco3)CC2)C[C@H](C)C1. The summed E-state index contributed by atoms with van der Waals surface area (Å²) in [5, 5.41) is 0. The Kier molecular flexibility index (Phi) is 5.27. The Morgan fingerprint density at radius 2 is 1.79 bits per heavy atom. The fourth-order valence-electron chi connectivity index (χ4n) is 4.10. The van der Waals surface area contributed by atoms with Gasteiger partial charge in [0.2, 0.25) is 0 Å². The smallest absolute Gasteiger partial charge is 0.309 e. The Morgan fingerprint density at radius 3 is 2.38 bits per heavy atom. The first-order chi connectivity index (χ1) is 11.5. The van der Waals surface area contributed by atoms with E-state index in [-0.39, 0.29) is 23.9 Å². The van der Waals surface area contributed by atoms with Crippen molar-refractivity contribution in [1.29, 1.82) is 0 Å². The van der Waals surface area contributed by atoms with E-state index in [2.05, 4.69) is 13.8 Å². The van der Waals surface area contributed by atoms with E-state index in [4.69, 9.17) is 9.15 Å². The van der Waals surface area contributed by atoms with Crippen LogP contribution in [0.15, 0.2) is 22.8 Å². The van der Waals surface area contributed by atoms with E-state index >= 15 is 0 Å². The standard InChI is InChI=1S/C19H27NO4/c1-13-10-14(2)12-16(11-13)24-19(22)15-5-7-20(8-6-15)18(21)17-4-3-9-23-17/h3-4,9,13-16H,5-8,10-12H2,1-2H3/t13-,14-/m1/s1. The molecule has 5 nitrogen and oxygen atoms in total. The molecule has 5 heteroatoms. The third kappa shape index (κ3) is 4.00. The summed E-state index contributed by atoms with van der Waals surface area (Å²) in [6.45, 7) is 5.62. The number of likely N-dealkylation sites (tertiary alicyclic amines) is 1. The van der Waals surface area contributed by atoms with Gasteiger partial charge in [-0.1, -0.05) is 13.8 Å². The van der Waals surface area contributed by atoms with E-state index in [1.807, 2.05) is 0 Å². The van der Waals surface area contributed by atoms with E-state index in [0.717, 1.165) is 12.8 Å². The average Bonchev–Trinajstić information content (AvgIpc) is 3.07. The fourth-order valence-corrected chi connectivity index (χ4v) is 4.10. The van der Waals surface area contributed by atoms with Crippen LogP contribution in [0, 0.1) is 17.8 Å². The number of carbonyl (C=O) groups is 2. The van der Waals surface area contributed by atoms with E-state index in [1.165, 1.54) is 12.7 Å². The summed E-state index contributed by atoms with van der Waals surface area (Å²) in [7, 11) is 0. The lowest BCUT2D eigenvalue weighted by Crippen LogP contribution is -2.41. The molecule has 2 aliphatic rings. The van der Waals surface area contributed by atoms with Crippen LogP contribution in [0.3, 0.4) is 0 Å².